The van der Waals surface area contributed by atoms with Crippen molar-refractivity contribution in [3.63, 3.8) is 0 Å². The van der Waals surface area contributed by atoms with Gasteiger partial charge in [-0.3, -0.25) is 4.79 Å². The molecule has 0 aromatic carbocycles. The molecule has 1 unspecified atom stereocenters. The number of nitrogens with two attached hydrogens (primary N) is 1. The second kappa shape index (κ2) is 5.83. The number of carbonyl (C=O) groups excluding carboxylic acids is 1. The van der Waals surface area contributed by atoms with Gasteiger partial charge in [0.05, 0.1) is 5.92 Å². The molecule has 18 heavy (non-hydrogen) atoms. The van der Waals surface area contributed by atoms with Crippen LogP contribution in [0.3, 0.4) is 0 Å². The topological polar surface area (TPSA) is 46.3 Å². The largest absolute Gasteiger partial charge is 0.340 e. The number of amides is 1. The minimum absolute atomic E-state index is 0.0242. The van der Waals surface area contributed by atoms with Gasteiger partial charge in [0.1, 0.15) is 0 Å². The molecular formula is C14H28N2OS. The Morgan fingerprint density at radius 3 is 2.50 bits per heavy atom. The summed E-state index contributed by atoms with van der Waals surface area (Å²) >= 11 is 1.95. The fraction of sp³-hybridized carbons (Fsp3) is 0.929. The molecule has 1 fully saturated rings. The second-order valence-corrected chi connectivity index (χ2v) is 8.87. The molecule has 1 rings (SSSR count). The SMILES string of the molecule is CC(C)(C)CC(CN)C(=O)N1CCSC(C)(C)C1. The standard InChI is InChI=1S/C14H28N2OS/c1-13(2,3)8-11(9-15)12(17)16-6-7-18-14(4,5)10-16/h11H,6-10,15H2,1-5H3. The van der Waals surface area contributed by atoms with Crippen molar-refractivity contribution in [3.05, 3.63) is 0 Å². The summed E-state index contributed by atoms with van der Waals surface area (Å²) in [4.78, 5) is 14.5. The zero-order valence-electron chi connectivity index (χ0n) is 12.5. The maximum Gasteiger partial charge on any atom is 0.227 e. The predicted molar refractivity (Wildman–Crippen MR) is 79.7 cm³/mol. The highest BCUT2D eigenvalue weighted by Gasteiger charge is 2.33. The van der Waals surface area contributed by atoms with Crippen LogP contribution >= 0.6 is 11.8 Å². The summed E-state index contributed by atoms with van der Waals surface area (Å²) in [5.74, 6) is 1.26. The molecule has 0 radical (unpaired) electrons. The van der Waals surface area contributed by atoms with E-state index in [1.807, 2.05) is 16.7 Å². The van der Waals surface area contributed by atoms with Gasteiger partial charge < -0.3 is 10.6 Å². The highest BCUT2D eigenvalue weighted by molar-refractivity contribution is 8.00. The lowest BCUT2D eigenvalue weighted by Crippen LogP contribution is -2.49. The molecule has 1 amide bonds. The Labute approximate surface area is 116 Å². The first-order chi connectivity index (χ1) is 8.14. The molecule has 2 N–H and O–H groups in total. The molecule has 1 heterocycles. The van der Waals surface area contributed by atoms with Gasteiger partial charge in [0.15, 0.2) is 0 Å². The van der Waals surface area contributed by atoms with Crippen LogP contribution < -0.4 is 5.73 Å². The number of hydrogen-bond donors (Lipinski definition) is 1. The molecule has 106 valence electrons. The van der Waals surface area contributed by atoms with Crippen molar-refractivity contribution in [2.75, 3.05) is 25.4 Å². The predicted octanol–water partition coefficient (Wildman–Crippen LogP) is 2.35. The van der Waals surface area contributed by atoms with E-state index in [0.29, 0.717) is 6.54 Å². The van der Waals surface area contributed by atoms with Gasteiger partial charge >= 0.3 is 0 Å². The van der Waals surface area contributed by atoms with E-state index in [-0.39, 0.29) is 22.0 Å². The third-order valence-corrected chi connectivity index (χ3v) is 4.53. The minimum Gasteiger partial charge on any atom is -0.340 e. The number of thioether (sulfide) groups is 1. The quantitative estimate of drug-likeness (QED) is 0.858. The van der Waals surface area contributed by atoms with Gasteiger partial charge in [-0.1, -0.05) is 20.8 Å². The molecule has 1 aliphatic heterocycles. The lowest BCUT2D eigenvalue weighted by atomic mass is 9.84. The first kappa shape index (κ1) is 15.8. The fourth-order valence-electron chi connectivity index (χ4n) is 2.47. The van der Waals surface area contributed by atoms with Crippen LogP contribution in [0.4, 0.5) is 0 Å². The molecule has 1 atom stereocenters. The first-order valence-electron chi connectivity index (χ1n) is 6.77. The Morgan fingerprint density at radius 1 is 1.44 bits per heavy atom. The van der Waals surface area contributed by atoms with E-state index in [9.17, 15) is 4.79 Å². The van der Waals surface area contributed by atoms with Crippen molar-refractivity contribution in [2.45, 2.75) is 45.8 Å². The summed E-state index contributed by atoms with van der Waals surface area (Å²) in [7, 11) is 0. The van der Waals surface area contributed by atoms with Crippen LogP contribution in [0.2, 0.25) is 0 Å². The van der Waals surface area contributed by atoms with Gasteiger partial charge in [0.2, 0.25) is 5.91 Å². The van der Waals surface area contributed by atoms with E-state index in [1.165, 1.54) is 0 Å². The highest BCUT2D eigenvalue weighted by Crippen LogP contribution is 2.31. The third-order valence-electron chi connectivity index (χ3n) is 3.23. The fourth-order valence-corrected chi connectivity index (χ4v) is 3.58. The van der Waals surface area contributed by atoms with E-state index in [1.54, 1.807) is 0 Å². The zero-order valence-corrected chi connectivity index (χ0v) is 13.3. The van der Waals surface area contributed by atoms with E-state index in [2.05, 4.69) is 34.6 Å². The van der Waals surface area contributed by atoms with E-state index < -0.39 is 0 Å². The number of nitrogens with zero attached hydrogens (tertiary/aromatic N) is 1. The summed E-state index contributed by atoms with van der Waals surface area (Å²) in [5, 5.41) is 0. The molecule has 1 saturated heterocycles. The normalized spacial score (nSPS) is 21.8. The summed E-state index contributed by atoms with van der Waals surface area (Å²) in [6.45, 7) is 13.1. The third kappa shape index (κ3) is 4.81. The Balaban J connectivity index is 2.66. The Morgan fingerprint density at radius 2 is 2.06 bits per heavy atom. The van der Waals surface area contributed by atoms with Crippen LogP contribution in [0.25, 0.3) is 0 Å². The molecule has 0 spiro atoms. The van der Waals surface area contributed by atoms with Crippen molar-refractivity contribution in [1.29, 1.82) is 0 Å². The lowest BCUT2D eigenvalue weighted by molar-refractivity contribution is -0.136. The first-order valence-corrected chi connectivity index (χ1v) is 7.76. The second-order valence-electron chi connectivity index (χ2n) is 7.07. The molecule has 0 aromatic rings. The zero-order chi connectivity index (χ0) is 14.0. The monoisotopic (exact) mass is 272 g/mol. The lowest BCUT2D eigenvalue weighted by Gasteiger charge is -2.39. The summed E-state index contributed by atoms with van der Waals surface area (Å²) < 4.78 is 0.175. The van der Waals surface area contributed by atoms with Crippen LogP contribution in [0.5, 0.6) is 0 Å². The molecule has 0 bridgehead atoms. The van der Waals surface area contributed by atoms with Crippen LogP contribution in [0, 0.1) is 11.3 Å². The van der Waals surface area contributed by atoms with Crippen LogP contribution in [0.15, 0.2) is 0 Å². The minimum atomic E-state index is -0.0242. The van der Waals surface area contributed by atoms with Gasteiger partial charge in [0, 0.05) is 30.1 Å². The van der Waals surface area contributed by atoms with Crippen LogP contribution in [0.1, 0.15) is 41.0 Å². The molecule has 4 heteroatoms. The van der Waals surface area contributed by atoms with Crippen molar-refractivity contribution in [2.24, 2.45) is 17.1 Å². The van der Waals surface area contributed by atoms with E-state index in [4.69, 9.17) is 5.73 Å². The molecule has 0 aromatic heterocycles. The Hall–Kier alpha value is -0.220. The van der Waals surface area contributed by atoms with Gasteiger partial charge in [0.25, 0.3) is 0 Å². The van der Waals surface area contributed by atoms with Gasteiger partial charge in [-0.25, -0.2) is 0 Å². The summed E-state index contributed by atoms with van der Waals surface area (Å²) in [6.07, 6.45) is 0.867. The average Bonchev–Trinajstić information content (AvgIpc) is 2.22. The average molecular weight is 272 g/mol. The van der Waals surface area contributed by atoms with Gasteiger partial charge in [-0.15, -0.1) is 0 Å². The molecule has 1 aliphatic rings. The smallest absolute Gasteiger partial charge is 0.227 e. The van der Waals surface area contributed by atoms with E-state index >= 15 is 0 Å². The Kier molecular flexibility index (Phi) is 5.13. The molecule has 0 aliphatic carbocycles. The number of carbonyl (C=O) groups is 1. The van der Waals surface area contributed by atoms with Gasteiger partial charge in [-0.2, -0.15) is 11.8 Å². The van der Waals surface area contributed by atoms with Crippen molar-refractivity contribution in [1.82, 2.24) is 4.90 Å². The molecular weight excluding hydrogens is 244 g/mol. The maximum atomic E-state index is 12.5. The van der Waals surface area contributed by atoms with Crippen molar-refractivity contribution >= 4 is 17.7 Å². The molecule has 3 nitrogen and oxygen atoms in total. The van der Waals surface area contributed by atoms with Crippen molar-refractivity contribution in [3.8, 4) is 0 Å². The maximum absolute atomic E-state index is 12.5. The Bertz CT molecular complexity index is 291. The highest BCUT2D eigenvalue weighted by atomic mass is 32.2. The number of hydrogen-bond acceptors (Lipinski definition) is 3. The van der Waals surface area contributed by atoms with Gasteiger partial charge in [-0.05, 0) is 25.7 Å². The summed E-state index contributed by atoms with van der Waals surface area (Å²) in [6, 6.07) is 0. The van der Waals surface area contributed by atoms with Crippen LogP contribution in [-0.2, 0) is 4.79 Å². The molecule has 0 saturated carbocycles. The van der Waals surface area contributed by atoms with Crippen molar-refractivity contribution < 1.29 is 4.79 Å². The van der Waals surface area contributed by atoms with Crippen LogP contribution in [-0.4, -0.2) is 40.9 Å². The van der Waals surface area contributed by atoms with E-state index in [0.717, 1.165) is 25.3 Å². The summed E-state index contributed by atoms with van der Waals surface area (Å²) in [5.41, 5.74) is 5.95. The number of rotatable bonds is 3.